The fourth-order valence-corrected chi connectivity index (χ4v) is 4.61. The number of benzene rings is 1. The lowest BCUT2D eigenvalue weighted by molar-refractivity contribution is -0.137. The van der Waals surface area contributed by atoms with Crippen LogP contribution in [0.3, 0.4) is 0 Å². The molecule has 1 aliphatic rings. The van der Waals surface area contributed by atoms with Crippen molar-refractivity contribution in [3.8, 4) is 5.75 Å². The molecule has 1 fully saturated rings. The molecule has 1 saturated heterocycles. The second kappa shape index (κ2) is 7.57. The van der Waals surface area contributed by atoms with Crippen molar-refractivity contribution in [2.24, 2.45) is 0 Å². The Kier molecular flexibility index (Phi) is 6.01. The average molecular weight is 329 g/mol. The van der Waals surface area contributed by atoms with Crippen molar-refractivity contribution < 1.29 is 23.2 Å². The topological polar surface area (TPSA) is 57.2 Å². The Labute approximate surface area is 131 Å². The molecular formula is C15H24NO5P. The molecule has 0 amide bonds. The van der Waals surface area contributed by atoms with Crippen LogP contribution in [0.1, 0.15) is 31.9 Å². The molecule has 1 aromatic carbocycles. The SMILES string of the molecule is CCOP(=O)(OCC)[C@@H]1C[C@@H](c2ccc(OC)cc2)ON1C. The zero-order chi connectivity index (χ0) is 16.2. The van der Waals surface area contributed by atoms with E-state index in [2.05, 4.69) is 0 Å². The highest BCUT2D eigenvalue weighted by molar-refractivity contribution is 7.54. The summed E-state index contributed by atoms with van der Waals surface area (Å²) >= 11 is 0. The lowest BCUT2D eigenvalue weighted by Crippen LogP contribution is -2.25. The Morgan fingerprint density at radius 1 is 1.23 bits per heavy atom. The first-order valence-corrected chi connectivity index (χ1v) is 9.07. The quantitative estimate of drug-likeness (QED) is 0.713. The number of methoxy groups -OCH3 is 1. The minimum absolute atomic E-state index is 0.171. The van der Waals surface area contributed by atoms with E-state index in [0.717, 1.165) is 11.3 Å². The normalized spacial score (nSPS) is 22.9. The van der Waals surface area contributed by atoms with Crippen molar-refractivity contribution in [3.05, 3.63) is 29.8 Å². The predicted octanol–water partition coefficient (Wildman–Crippen LogP) is 3.60. The molecule has 0 N–H and O–H groups in total. The van der Waals surface area contributed by atoms with Crippen molar-refractivity contribution in [1.29, 1.82) is 0 Å². The molecule has 22 heavy (non-hydrogen) atoms. The van der Waals surface area contributed by atoms with Gasteiger partial charge in [-0.3, -0.25) is 9.40 Å². The third kappa shape index (κ3) is 3.70. The van der Waals surface area contributed by atoms with E-state index in [4.69, 9.17) is 18.6 Å². The number of hydrogen-bond acceptors (Lipinski definition) is 6. The highest BCUT2D eigenvalue weighted by atomic mass is 31.2. The molecule has 6 nitrogen and oxygen atoms in total. The number of hydrogen-bond donors (Lipinski definition) is 0. The van der Waals surface area contributed by atoms with Crippen LogP contribution in [0.2, 0.25) is 0 Å². The first kappa shape index (κ1) is 17.4. The van der Waals surface area contributed by atoms with Gasteiger partial charge in [-0.05, 0) is 31.5 Å². The molecule has 7 heteroatoms. The Bertz CT molecular complexity index is 511. The van der Waals surface area contributed by atoms with Crippen molar-refractivity contribution in [3.63, 3.8) is 0 Å². The van der Waals surface area contributed by atoms with E-state index in [1.54, 1.807) is 19.2 Å². The van der Waals surface area contributed by atoms with Crippen molar-refractivity contribution >= 4 is 7.60 Å². The smallest absolute Gasteiger partial charge is 0.350 e. The van der Waals surface area contributed by atoms with E-state index in [1.165, 1.54) is 0 Å². The lowest BCUT2D eigenvalue weighted by Gasteiger charge is -2.25. The van der Waals surface area contributed by atoms with E-state index in [0.29, 0.717) is 19.6 Å². The molecule has 0 spiro atoms. The molecular weight excluding hydrogens is 305 g/mol. The molecule has 124 valence electrons. The minimum atomic E-state index is -3.22. The first-order valence-electron chi connectivity index (χ1n) is 7.46. The Hall–Kier alpha value is -0.910. The maximum absolute atomic E-state index is 12.9. The van der Waals surface area contributed by atoms with Crippen LogP contribution >= 0.6 is 7.60 Å². The summed E-state index contributed by atoms with van der Waals surface area (Å²) in [4.78, 5) is 5.83. The zero-order valence-corrected chi connectivity index (χ0v) is 14.4. The molecule has 0 unspecified atom stereocenters. The second-order valence-electron chi connectivity index (χ2n) is 5.01. The van der Waals surface area contributed by atoms with Gasteiger partial charge in [-0.15, -0.1) is 0 Å². The van der Waals surface area contributed by atoms with Gasteiger partial charge in [-0.25, -0.2) is 0 Å². The molecule has 1 aliphatic heterocycles. The molecule has 0 saturated carbocycles. The maximum atomic E-state index is 12.9. The molecule has 0 radical (unpaired) electrons. The third-order valence-electron chi connectivity index (χ3n) is 3.61. The monoisotopic (exact) mass is 329 g/mol. The van der Waals surface area contributed by atoms with Crippen LogP contribution in [0.25, 0.3) is 0 Å². The van der Waals surface area contributed by atoms with Gasteiger partial charge >= 0.3 is 7.60 Å². The van der Waals surface area contributed by atoms with Gasteiger partial charge in [0, 0.05) is 13.5 Å². The summed E-state index contributed by atoms with van der Waals surface area (Å²) < 4.78 is 28.9. The van der Waals surface area contributed by atoms with Gasteiger partial charge in [-0.2, -0.15) is 5.06 Å². The second-order valence-corrected chi connectivity index (χ2v) is 7.20. The minimum Gasteiger partial charge on any atom is -0.497 e. The lowest BCUT2D eigenvalue weighted by atomic mass is 10.1. The number of hydroxylamine groups is 2. The molecule has 0 bridgehead atoms. The summed E-state index contributed by atoms with van der Waals surface area (Å²) in [5, 5.41) is 1.60. The standard InChI is InChI=1S/C15H24NO5P/c1-5-19-22(17,20-6-2)15-11-14(21-16(15)3)12-7-9-13(18-4)10-8-12/h7-10,14-15H,5-6,11H2,1-4H3/t14-,15+/m0/s1. The van der Waals surface area contributed by atoms with Crippen molar-refractivity contribution in [2.75, 3.05) is 27.4 Å². The molecule has 1 aromatic rings. The Balaban J connectivity index is 2.14. The number of nitrogens with zero attached hydrogens (tertiary/aromatic N) is 1. The van der Waals surface area contributed by atoms with Crippen LogP contribution < -0.4 is 4.74 Å². The maximum Gasteiger partial charge on any atom is 0.350 e. The number of rotatable bonds is 7. The summed E-state index contributed by atoms with van der Waals surface area (Å²) in [5.74, 6) is 0.389. The van der Waals surface area contributed by atoms with Crippen LogP contribution in [0.5, 0.6) is 5.75 Å². The first-order chi connectivity index (χ1) is 10.5. The van der Waals surface area contributed by atoms with Gasteiger partial charge in [0.15, 0.2) is 0 Å². The largest absolute Gasteiger partial charge is 0.497 e. The average Bonchev–Trinajstić information content (AvgIpc) is 2.90. The van der Waals surface area contributed by atoms with Gasteiger partial charge in [0.25, 0.3) is 0 Å². The van der Waals surface area contributed by atoms with E-state index >= 15 is 0 Å². The summed E-state index contributed by atoms with van der Waals surface area (Å²) in [5.41, 5.74) is 1.01. The highest BCUT2D eigenvalue weighted by Crippen LogP contribution is 2.59. The summed E-state index contributed by atoms with van der Waals surface area (Å²) in [6.45, 7) is 4.30. The summed E-state index contributed by atoms with van der Waals surface area (Å²) in [6.07, 6.45) is 0.384. The molecule has 1 heterocycles. The van der Waals surface area contributed by atoms with E-state index in [-0.39, 0.29) is 6.10 Å². The summed E-state index contributed by atoms with van der Waals surface area (Å²) in [7, 11) is 0.173. The van der Waals surface area contributed by atoms with Crippen molar-refractivity contribution in [1.82, 2.24) is 5.06 Å². The fourth-order valence-electron chi connectivity index (χ4n) is 2.57. The van der Waals surface area contributed by atoms with Crippen LogP contribution in [0, 0.1) is 0 Å². The molecule has 0 aromatic heterocycles. The van der Waals surface area contributed by atoms with Crippen LogP contribution in [0.4, 0.5) is 0 Å². The number of ether oxygens (including phenoxy) is 1. The van der Waals surface area contributed by atoms with Gasteiger partial charge in [0.05, 0.1) is 20.3 Å². The van der Waals surface area contributed by atoms with Crippen LogP contribution in [-0.2, 0) is 18.5 Å². The Morgan fingerprint density at radius 2 is 1.82 bits per heavy atom. The van der Waals surface area contributed by atoms with Crippen LogP contribution in [-0.4, -0.2) is 38.2 Å². The van der Waals surface area contributed by atoms with E-state index in [9.17, 15) is 4.57 Å². The van der Waals surface area contributed by atoms with Gasteiger partial charge < -0.3 is 13.8 Å². The Morgan fingerprint density at radius 3 is 2.32 bits per heavy atom. The zero-order valence-electron chi connectivity index (χ0n) is 13.5. The fraction of sp³-hybridized carbons (Fsp3) is 0.600. The molecule has 0 aliphatic carbocycles. The molecule has 2 atom stereocenters. The van der Waals surface area contributed by atoms with Gasteiger partial charge in [0.1, 0.15) is 17.6 Å². The van der Waals surface area contributed by atoms with Crippen molar-refractivity contribution in [2.45, 2.75) is 32.2 Å². The highest BCUT2D eigenvalue weighted by Gasteiger charge is 2.46. The summed E-state index contributed by atoms with van der Waals surface area (Å²) in [6, 6.07) is 7.67. The van der Waals surface area contributed by atoms with Gasteiger partial charge in [0.2, 0.25) is 0 Å². The third-order valence-corrected chi connectivity index (χ3v) is 6.11. The molecule has 2 rings (SSSR count). The van der Waals surface area contributed by atoms with E-state index < -0.39 is 13.4 Å². The predicted molar refractivity (Wildman–Crippen MR) is 83.8 cm³/mol. The van der Waals surface area contributed by atoms with E-state index in [1.807, 2.05) is 38.1 Å². The van der Waals surface area contributed by atoms with Crippen LogP contribution in [0.15, 0.2) is 24.3 Å². The van der Waals surface area contributed by atoms with Gasteiger partial charge in [-0.1, -0.05) is 12.1 Å².